The predicted molar refractivity (Wildman–Crippen MR) is 183 cm³/mol. The standard InChI is InChI=1S/C20H41NO12S.C6H15N.CH3ClO2S.CH4/c1-34(24,25)21-3-5-27-7-9-29-11-13-31-15-17-33-19-18-32-16-14-30-12-10-28-8-6-26-4-2-20(22)23;1-4-7(5-2)6-3;1-5(2,3)4;/h21H,2-19H2,1H3,(H,22,23);4-6H2,1-3H3;1H3;1H4. The van der Waals surface area contributed by atoms with E-state index in [9.17, 15) is 21.6 Å². The zero-order chi connectivity index (χ0) is 35.4. The highest BCUT2D eigenvalue weighted by Gasteiger charge is 1.99. The van der Waals surface area contributed by atoms with Gasteiger partial charge in [-0.15, -0.1) is 0 Å². The van der Waals surface area contributed by atoms with Crippen molar-refractivity contribution >= 4 is 35.7 Å². The Morgan fingerprint density at radius 2 is 0.809 bits per heavy atom. The second kappa shape index (κ2) is 39.7. The number of hydrogen-bond donors (Lipinski definition) is 2. The summed E-state index contributed by atoms with van der Waals surface area (Å²) in [5, 5.41) is 8.45. The molecule has 19 heteroatoms. The minimum Gasteiger partial charge on any atom is -0.481 e. The maximum atomic E-state index is 10.8. The van der Waals surface area contributed by atoms with Crippen LogP contribution in [0, 0.1) is 0 Å². The molecule has 0 aromatic rings. The van der Waals surface area contributed by atoms with Crippen molar-refractivity contribution in [1.29, 1.82) is 0 Å². The number of rotatable bonds is 31. The smallest absolute Gasteiger partial charge is 0.305 e. The molecule has 0 amide bonds. The number of carboxylic acid groups (broad SMARTS) is 1. The molecule has 0 unspecified atom stereocenters. The molecule has 0 atom stereocenters. The van der Waals surface area contributed by atoms with Gasteiger partial charge in [0.05, 0.1) is 125 Å². The molecule has 0 fully saturated rings. The fourth-order valence-electron chi connectivity index (χ4n) is 2.77. The van der Waals surface area contributed by atoms with Gasteiger partial charge in [0.15, 0.2) is 0 Å². The molecule has 16 nitrogen and oxygen atoms in total. The van der Waals surface area contributed by atoms with Crippen LogP contribution in [0.2, 0.25) is 0 Å². The molecule has 0 aromatic heterocycles. The molecule has 0 radical (unpaired) electrons. The normalized spacial score (nSPS) is 11.3. The van der Waals surface area contributed by atoms with Crippen molar-refractivity contribution in [3.05, 3.63) is 0 Å². The quantitative estimate of drug-likeness (QED) is 0.0760. The molecule has 288 valence electrons. The molecular weight excluding hydrogens is 688 g/mol. The van der Waals surface area contributed by atoms with Gasteiger partial charge in [0.25, 0.3) is 0 Å². The van der Waals surface area contributed by atoms with Crippen LogP contribution in [0.4, 0.5) is 0 Å². The lowest BCUT2D eigenvalue weighted by Crippen LogP contribution is -2.26. The Hall–Kier alpha value is -0.740. The minimum atomic E-state index is -3.19. The number of aliphatic carboxylic acids is 1. The van der Waals surface area contributed by atoms with E-state index in [1.54, 1.807) is 0 Å². The van der Waals surface area contributed by atoms with E-state index in [2.05, 4.69) is 41.1 Å². The lowest BCUT2D eigenvalue weighted by atomic mass is 10.5. The lowest BCUT2D eigenvalue weighted by Gasteiger charge is -2.13. The first-order valence-corrected chi connectivity index (χ1v) is 19.8. The van der Waals surface area contributed by atoms with Gasteiger partial charge in [-0.1, -0.05) is 28.2 Å². The maximum absolute atomic E-state index is 10.8. The summed E-state index contributed by atoms with van der Waals surface area (Å²) in [6, 6.07) is 0. The summed E-state index contributed by atoms with van der Waals surface area (Å²) < 4.78 is 85.2. The molecule has 0 aromatic carbocycles. The van der Waals surface area contributed by atoms with E-state index in [-0.39, 0.29) is 27.0 Å². The van der Waals surface area contributed by atoms with Crippen LogP contribution in [0.5, 0.6) is 0 Å². The van der Waals surface area contributed by atoms with Gasteiger partial charge in [-0.25, -0.2) is 21.6 Å². The summed E-state index contributed by atoms with van der Waals surface area (Å²) in [5.74, 6) is -0.879. The zero-order valence-corrected chi connectivity index (χ0v) is 30.6. The summed E-state index contributed by atoms with van der Waals surface area (Å²) in [5.41, 5.74) is 0. The largest absolute Gasteiger partial charge is 0.481 e. The van der Waals surface area contributed by atoms with Crippen molar-refractivity contribution in [1.82, 2.24) is 9.62 Å². The number of nitrogens with zero attached hydrogens (tertiary/aromatic N) is 1. The van der Waals surface area contributed by atoms with Crippen LogP contribution in [0.15, 0.2) is 0 Å². The second-order valence-corrected chi connectivity index (χ2v) is 13.9. The van der Waals surface area contributed by atoms with Gasteiger partial charge in [0.1, 0.15) is 0 Å². The first kappa shape index (κ1) is 53.1. The van der Waals surface area contributed by atoms with Gasteiger partial charge in [0, 0.05) is 17.2 Å². The Labute approximate surface area is 288 Å². The molecule has 2 N–H and O–H groups in total. The third kappa shape index (κ3) is 64.4. The Morgan fingerprint density at radius 3 is 1.00 bits per heavy atom. The highest BCUT2D eigenvalue weighted by molar-refractivity contribution is 8.13. The molecule has 0 saturated carbocycles. The summed E-state index contributed by atoms with van der Waals surface area (Å²) in [4.78, 5) is 12.7. The fourth-order valence-corrected chi connectivity index (χ4v) is 3.23. The van der Waals surface area contributed by atoms with Crippen LogP contribution in [0.1, 0.15) is 34.6 Å². The molecule has 0 aliphatic rings. The molecular formula is C28H63ClN2O14S2. The summed E-state index contributed by atoms with van der Waals surface area (Å²) in [7, 11) is -1.86. The average molecular weight is 751 g/mol. The predicted octanol–water partition coefficient (Wildman–Crippen LogP) is 1.31. The van der Waals surface area contributed by atoms with E-state index in [4.69, 9.17) is 43.0 Å². The van der Waals surface area contributed by atoms with Gasteiger partial charge in [-0.2, -0.15) is 0 Å². The topological polar surface area (TPSA) is 195 Å². The highest BCUT2D eigenvalue weighted by Crippen LogP contribution is 1.87. The van der Waals surface area contributed by atoms with E-state index in [0.29, 0.717) is 99.1 Å². The third-order valence-corrected chi connectivity index (χ3v) is 5.75. The van der Waals surface area contributed by atoms with Crippen molar-refractivity contribution in [2.24, 2.45) is 0 Å². The number of halogens is 1. The number of nitrogens with one attached hydrogen (secondary N) is 1. The van der Waals surface area contributed by atoms with Crippen molar-refractivity contribution in [3.63, 3.8) is 0 Å². The van der Waals surface area contributed by atoms with Gasteiger partial charge in [-0.05, 0) is 19.6 Å². The average Bonchev–Trinajstić information content (AvgIpc) is 2.96. The van der Waals surface area contributed by atoms with Crippen molar-refractivity contribution in [2.45, 2.75) is 34.6 Å². The van der Waals surface area contributed by atoms with Crippen molar-refractivity contribution < 1.29 is 64.6 Å². The molecule has 0 spiro atoms. The Bertz CT molecular complexity index is 839. The molecule has 0 aliphatic heterocycles. The van der Waals surface area contributed by atoms with Crippen LogP contribution in [0.25, 0.3) is 0 Å². The monoisotopic (exact) mass is 750 g/mol. The van der Waals surface area contributed by atoms with Crippen LogP contribution < -0.4 is 4.72 Å². The molecule has 0 saturated heterocycles. The number of carboxylic acids is 1. The molecule has 47 heavy (non-hydrogen) atoms. The van der Waals surface area contributed by atoms with E-state index < -0.39 is 25.0 Å². The molecule has 0 rings (SSSR count). The first-order valence-electron chi connectivity index (χ1n) is 15.2. The fraction of sp³-hybridized carbons (Fsp3) is 0.964. The van der Waals surface area contributed by atoms with E-state index >= 15 is 0 Å². The van der Waals surface area contributed by atoms with Crippen LogP contribution in [0.3, 0.4) is 0 Å². The van der Waals surface area contributed by atoms with Crippen molar-refractivity contribution in [3.8, 4) is 0 Å². The van der Waals surface area contributed by atoms with E-state index in [0.717, 1.165) is 12.5 Å². The SMILES string of the molecule is C.CCN(CC)CC.CS(=O)(=O)Cl.CS(=O)(=O)NCCOCCOCCOCCOCCOCCOCCOCCOCCC(=O)O. The summed E-state index contributed by atoms with van der Waals surface area (Å²) in [6.07, 6.45) is 2.02. The van der Waals surface area contributed by atoms with Gasteiger partial charge >= 0.3 is 5.97 Å². The van der Waals surface area contributed by atoms with Gasteiger partial charge < -0.3 is 47.9 Å². The Balaban J connectivity index is -0.000000598. The maximum Gasteiger partial charge on any atom is 0.305 e. The van der Waals surface area contributed by atoms with Crippen LogP contribution >= 0.6 is 10.7 Å². The minimum absolute atomic E-state index is 0. The number of ether oxygens (including phenoxy) is 8. The Morgan fingerprint density at radius 1 is 0.574 bits per heavy atom. The van der Waals surface area contributed by atoms with E-state index in [1.165, 1.54) is 19.6 Å². The molecule has 0 heterocycles. The zero-order valence-electron chi connectivity index (χ0n) is 28.2. The Kier molecular flexibility index (Phi) is 44.8. The van der Waals surface area contributed by atoms with Gasteiger partial charge in [-0.3, -0.25) is 4.79 Å². The number of hydrogen-bond acceptors (Lipinski definition) is 14. The summed E-state index contributed by atoms with van der Waals surface area (Å²) in [6.45, 7) is 17.0. The van der Waals surface area contributed by atoms with Gasteiger partial charge in [0.2, 0.25) is 19.1 Å². The summed E-state index contributed by atoms with van der Waals surface area (Å²) >= 11 is 0. The van der Waals surface area contributed by atoms with Crippen molar-refractivity contribution in [2.75, 3.05) is 144 Å². The molecule has 0 bridgehead atoms. The number of carbonyl (C=O) groups is 1. The lowest BCUT2D eigenvalue weighted by molar-refractivity contribution is -0.138. The number of sulfonamides is 1. The first-order chi connectivity index (χ1) is 21.8. The van der Waals surface area contributed by atoms with Crippen LogP contribution in [-0.2, 0) is 61.8 Å². The van der Waals surface area contributed by atoms with Crippen LogP contribution in [-0.4, -0.2) is 177 Å². The second-order valence-electron chi connectivity index (χ2n) is 9.01. The van der Waals surface area contributed by atoms with E-state index in [1.807, 2.05) is 0 Å². The highest BCUT2D eigenvalue weighted by atomic mass is 35.7. The molecule has 0 aliphatic carbocycles. The third-order valence-electron chi connectivity index (χ3n) is 5.02.